The molecule has 3 aromatic heterocycles. The summed E-state index contributed by atoms with van der Waals surface area (Å²) in [5.41, 5.74) is 3.43. The van der Waals surface area contributed by atoms with Gasteiger partial charge in [0.1, 0.15) is 23.5 Å². The van der Waals surface area contributed by atoms with Gasteiger partial charge in [-0.25, -0.2) is 9.07 Å². The van der Waals surface area contributed by atoms with E-state index in [1.54, 1.807) is 30.7 Å². The first-order chi connectivity index (χ1) is 16.0. The van der Waals surface area contributed by atoms with E-state index in [9.17, 15) is 9.18 Å². The van der Waals surface area contributed by atoms with Crippen LogP contribution in [-0.4, -0.2) is 44.7 Å². The van der Waals surface area contributed by atoms with Crippen LogP contribution >= 0.6 is 0 Å². The van der Waals surface area contributed by atoms with Crippen LogP contribution in [-0.2, 0) is 11.2 Å². The number of aryl methyl sites for hydroxylation is 1. The molecule has 7 nitrogen and oxygen atoms in total. The van der Waals surface area contributed by atoms with E-state index in [0.717, 1.165) is 28.0 Å². The summed E-state index contributed by atoms with van der Waals surface area (Å²) in [6.07, 6.45) is 5.83. The highest BCUT2D eigenvalue weighted by atomic mass is 19.1. The van der Waals surface area contributed by atoms with Gasteiger partial charge in [0.05, 0.1) is 23.6 Å². The number of hydrogen-bond donors (Lipinski definition) is 1. The fraction of sp³-hybridized carbons (Fsp3) is 0.280. The van der Waals surface area contributed by atoms with E-state index in [2.05, 4.69) is 20.4 Å². The molecule has 0 unspecified atom stereocenters. The van der Waals surface area contributed by atoms with Gasteiger partial charge in [-0.15, -0.1) is 0 Å². The summed E-state index contributed by atoms with van der Waals surface area (Å²) in [7, 11) is 0. The minimum absolute atomic E-state index is 0.0592. The van der Waals surface area contributed by atoms with Gasteiger partial charge in [0.15, 0.2) is 0 Å². The van der Waals surface area contributed by atoms with Crippen LogP contribution in [0.25, 0.3) is 16.6 Å². The smallest absolute Gasteiger partial charge is 0.139 e. The Balaban J connectivity index is 1.25. The number of halogens is 1. The highest BCUT2D eigenvalue weighted by Crippen LogP contribution is 2.23. The molecular formula is C25H24FN5O2. The Hall–Kier alpha value is -3.65. The van der Waals surface area contributed by atoms with Crippen molar-refractivity contribution in [1.82, 2.24) is 25.1 Å². The quantitative estimate of drug-likeness (QED) is 0.469. The lowest BCUT2D eigenvalue weighted by molar-refractivity contribution is -0.119. The number of ketones is 1. The second-order valence-corrected chi connectivity index (χ2v) is 8.39. The van der Waals surface area contributed by atoms with Gasteiger partial charge >= 0.3 is 0 Å². The van der Waals surface area contributed by atoms with E-state index < -0.39 is 0 Å². The van der Waals surface area contributed by atoms with Gasteiger partial charge in [-0.1, -0.05) is 0 Å². The summed E-state index contributed by atoms with van der Waals surface area (Å²) in [6, 6.07) is 11.7. The minimum Gasteiger partial charge on any atom is -0.489 e. The Morgan fingerprint density at radius 1 is 1.15 bits per heavy atom. The Bertz CT molecular complexity index is 1290. The number of benzene rings is 1. The molecule has 1 aliphatic heterocycles. The van der Waals surface area contributed by atoms with Crippen LogP contribution in [0.3, 0.4) is 0 Å². The van der Waals surface area contributed by atoms with Crippen molar-refractivity contribution in [3.63, 3.8) is 0 Å². The lowest BCUT2D eigenvalue weighted by Crippen LogP contribution is -2.28. The monoisotopic (exact) mass is 445 g/mol. The van der Waals surface area contributed by atoms with E-state index >= 15 is 0 Å². The van der Waals surface area contributed by atoms with E-state index in [0.29, 0.717) is 25.3 Å². The van der Waals surface area contributed by atoms with E-state index in [1.165, 1.54) is 12.1 Å². The van der Waals surface area contributed by atoms with Gasteiger partial charge in [-0.05, 0) is 49.4 Å². The van der Waals surface area contributed by atoms with E-state index in [1.807, 2.05) is 29.8 Å². The van der Waals surface area contributed by atoms with Crippen LogP contribution in [0.2, 0.25) is 0 Å². The molecule has 1 aromatic carbocycles. The molecule has 0 aliphatic carbocycles. The molecule has 1 saturated heterocycles. The van der Waals surface area contributed by atoms with Crippen molar-refractivity contribution in [3.8, 4) is 11.4 Å². The van der Waals surface area contributed by atoms with Crippen molar-refractivity contribution in [2.24, 2.45) is 5.92 Å². The number of rotatable bonds is 7. The first kappa shape index (κ1) is 21.2. The molecule has 0 bridgehead atoms. The molecular weight excluding hydrogens is 421 g/mol. The average Bonchev–Trinajstić information content (AvgIpc) is 3.42. The maximum Gasteiger partial charge on any atom is 0.139 e. The fourth-order valence-electron chi connectivity index (χ4n) is 4.24. The van der Waals surface area contributed by atoms with Gasteiger partial charge in [0.25, 0.3) is 0 Å². The summed E-state index contributed by atoms with van der Waals surface area (Å²) in [4.78, 5) is 21.6. The molecule has 1 fully saturated rings. The minimum atomic E-state index is -0.301. The molecule has 4 heterocycles. The van der Waals surface area contributed by atoms with Crippen LogP contribution in [0, 0.1) is 18.7 Å². The summed E-state index contributed by atoms with van der Waals surface area (Å²) in [6.45, 7) is 3.31. The van der Waals surface area contributed by atoms with Gasteiger partial charge in [0.2, 0.25) is 0 Å². The number of nitrogens with one attached hydrogen (secondary N) is 1. The van der Waals surface area contributed by atoms with Crippen LogP contribution in [0.5, 0.6) is 5.75 Å². The van der Waals surface area contributed by atoms with Crippen LogP contribution in [0.15, 0.2) is 61.1 Å². The molecule has 33 heavy (non-hydrogen) atoms. The zero-order valence-electron chi connectivity index (χ0n) is 18.2. The topological polar surface area (TPSA) is 81.9 Å². The molecule has 0 saturated carbocycles. The molecule has 0 radical (unpaired) electrons. The SMILES string of the molecule is Cc1cc(-n2ncc3cc(CC(=O)C[C@H]4CNC[C@@H]4Oc4ccc(F)cc4)ncc32)ccn1. The normalized spacial score (nSPS) is 18.0. The Morgan fingerprint density at radius 2 is 2.00 bits per heavy atom. The summed E-state index contributed by atoms with van der Waals surface area (Å²) < 4.78 is 20.9. The van der Waals surface area contributed by atoms with Gasteiger partial charge in [-0.2, -0.15) is 5.10 Å². The van der Waals surface area contributed by atoms with Crippen LogP contribution < -0.4 is 10.1 Å². The number of Topliss-reactive ketones (excluding diaryl/α,β-unsaturated/α-hetero) is 1. The highest BCUT2D eigenvalue weighted by molar-refractivity contribution is 5.84. The van der Waals surface area contributed by atoms with Gasteiger partial charge < -0.3 is 10.1 Å². The van der Waals surface area contributed by atoms with E-state index in [4.69, 9.17) is 4.74 Å². The van der Waals surface area contributed by atoms with Crippen molar-refractivity contribution >= 4 is 16.7 Å². The predicted molar refractivity (Wildman–Crippen MR) is 122 cm³/mol. The van der Waals surface area contributed by atoms with Crippen molar-refractivity contribution in [2.45, 2.75) is 25.9 Å². The van der Waals surface area contributed by atoms with Crippen molar-refractivity contribution in [1.29, 1.82) is 0 Å². The molecule has 0 amide bonds. The lowest BCUT2D eigenvalue weighted by atomic mass is 9.97. The second kappa shape index (κ2) is 9.07. The summed E-state index contributed by atoms with van der Waals surface area (Å²) >= 11 is 0. The predicted octanol–water partition coefficient (Wildman–Crippen LogP) is 3.43. The highest BCUT2D eigenvalue weighted by Gasteiger charge is 2.30. The second-order valence-electron chi connectivity index (χ2n) is 8.39. The molecule has 8 heteroatoms. The molecule has 0 spiro atoms. The van der Waals surface area contributed by atoms with Crippen molar-refractivity contribution in [2.75, 3.05) is 13.1 Å². The summed E-state index contributed by atoms with van der Waals surface area (Å²) in [5, 5.41) is 8.70. The third-order valence-electron chi connectivity index (χ3n) is 5.88. The third-order valence-corrected chi connectivity index (χ3v) is 5.88. The standard InChI is InChI=1S/C25H24FN5O2/c1-16-8-21(6-7-28-16)31-24-14-29-20(9-17(24)13-30-31)11-22(32)10-18-12-27-15-25(18)33-23-4-2-19(26)3-5-23/h2-9,13-14,18,25,27H,10-12,15H2,1H3/t18-,25-/m0/s1. The maximum absolute atomic E-state index is 13.1. The molecule has 168 valence electrons. The Morgan fingerprint density at radius 3 is 2.82 bits per heavy atom. The summed E-state index contributed by atoms with van der Waals surface area (Å²) in [5.74, 6) is 0.477. The third kappa shape index (κ3) is 4.75. The van der Waals surface area contributed by atoms with Gasteiger partial charge in [-0.3, -0.25) is 14.8 Å². The number of aromatic nitrogens is 4. The number of hydrogen-bond acceptors (Lipinski definition) is 6. The Kier molecular flexibility index (Phi) is 5.83. The molecule has 5 rings (SSSR count). The Labute approximate surface area is 190 Å². The lowest BCUT2D eigenvalue weighted by Gasteiger charge is -2.19. The number of ether oxygens (including phenoxy) is 1. The number of pyridine rings is 2. The van der Waals surface area contributed by atoms with Crippen molar-refractivity contribution in [3.05, 3.63) is 78.3 Å². The van der Waals surface area contributed by atoms with Crippen LogP contribution in [0.1, 0.15) is 17.8 Å². The molecule has 4 aromatic rings. The number of fused-ring (bicyclic) bond motifs is 1. The first-order valence-electron chi connectivity index (χ1n) is 11.0. The molecule has 1 aliphatic rings. The van der Waals surface area contributed by atoms with E-state index in [-0.39, 0.29) is 30.0 Å². The first-order valence-corrected chi connectivity index (χ1v) is 11.0. The number of carbonyl (C=O) groups is 1. The number of nitrogens with zero attached hydrogens (tertiary/aromatic N) is 4. The van der Waals surface area contributed by atoms with Crippen molar-refractivity contribution < 1.29 is 13.9 Å². The zero-order valence-corrected chi connectivity index (χ0v) is 18.2. The largest absolute Gasteiger partial charge is 0.489 e. The zero-order chi connectivity index (χ0) is 22.8. The number of carbonyl (C=O) groups excluding carboxylic acids is 1. The maximum atomic E-state index is 13.1. The average molecular weight is 445 g/mol. The molecule has 2 atom stereocenters. The van der Waals surface area contributed by atoms with Gasteiger partial charge in [0, 0.05) is 54.8 Å². The fourth-order valence-corrected chi connectivity index (χ4v) is 4.24. The molecule has 1 N–H and O–H groups in total. The van der Waals surface area contributed by atoms with Crippen LogP contribution in [0.4, 0.5) is 4.39 Å².